The van der Waals surface area contributed by atoms with Gasteiger partial charge in [-0.2, -0.15) is 0 Å². The smallest absolute Gasteiger partial charge is 0.139 e. The molecular formula is C11H17ClO3. The largest absolute Gasteiger partial charge is 0.377 e. The Morgan fingerprint density at radius 2 is 2.33 bits per heavy atom. The highest BCUT2D eigenvalue weighted by Crippen LogP contribution is 2.41. The summed E-state index contributed by atoms with van der Waals surface area (Å²) in [5.74, 6) is 0.920. The van der Waals surface area contributed by atoms with E-state index >= 15 is 0 Å². The predicted molar refractivity (Wildman–Crippen MR) is 57.2 cm³/mol. The average molecular weight is 233 g/mol. The van der Waals surface area contributed by atoms with Crippen molar-refractivity contribution in [3.8, 4) is 0 Å². The van der Waals surface area contributed by atoms with Crippen LogP contribution in [0.4, 0.5) is 0 Å². The number of ether oxygens (including phenoxy) is 2. The van der Waals surface area contributed by atoms with Crippen molar-refractivity contribution in [2.24, 2.45) is 5.92 Å². The molecule has 0 bridgehead atoms. The third-order valence-corrected chi connectivity index (χ3v) is 3.43. The zero-order valence-corrected chi connectivity index (χ0v) is 9.59. The third kappa shape index (κ3) is 2.52. The van der Waals surface area contributed by atoms with Crippen LogP contribution in [0, 0.1) is 5.92 Å². The lowest BCUT2D eigenvalue weighted by Gasteiger charge is -2.26. The highest BCUT2D eigenvalue weighted by Gasteiger charge is 2.54. The molecule has 1 saturated heterocycles. The first-order valence-electron chi connectivity index (χ1n) is 5.59. The van der Waals surface area contributed by atoms with Crippen LogP contribution in [-0.4, -0.2) is 37.1 Å². The SMILES string of the molecule is O=C1CCCCC1C1(COCCCl)CO1. The van der Waals surface area contributed by atoms with Gasteiger partial charge >= 0.3 is 0 Å². The molecule has 2 fully saturated rings. The van der Waals surface area contributed by atoms with Gasteiger partial charge in [0.2, 0.25) is 0 Å². The van der Waals surface area contributed by atoms with Crippen LogP contribution < -0.4 is 0 Å². The van der Waals surface area contributed by atoms with Crippen LogP contribution in [0.25, 0.3) is 0 Å². The molecular weight excluding hydrogens is 216 g/mol. The fourth-order valence-electron chi connectivity index (χ4n) is 2.32. The summed E-state index contributed by atoms with van der Waals surface area (Å²) in [6.45, 7) is 1.73. The molecule has 0 aromatic heterocycles. The number of hydrogen-bond acceptors (Lipinski definition) is 3. The number of hydrogen-bond donors (Lipinski definition) is 0. The second-order valence-corrected chi connectivity index (χ2v) is 4.74. The van der Waals surface area contributed by atoms with Gasteiger partial charge in [-0.05, 0) is 12.8 Å². The summed E-state index contributed by atoms with van der Waals surface area (Å²) in [5, 5.41) is 0. The topological polar surface area (TPSA) is 38.8 Å². The Labute approximate surface area is 95.1 Å². The molecule has 0 N–H and O–H groups in total. The molecule has 0 aromatic rings. The van der Waals surface area contributed by atoms with Gasteiger partial charge in [-0.25, -0.2) is 0 Å². The summed E-state index contributed by atoms with van der Waals surface area (Å²) in [6, 6.07) is 0. The fraction of sp³-hybridized carbons (Fsp3) is 0.909. The predicted octanol–water partition coefficient (Wildman–Crippen LogP) is 1.77. The van der Waals surface area contributed by atoms with Crippen molar-refractivity contribution < 1.29 is 14.3 Å². The van der Waals surface area contributed by atoms with Gasteiger partial charge < -0.3 is 9.47 Å². The summed E-state index contributed by atoms with van der Waals surface area (Å²) < 4.78 is 10.9. The minimum atomic E-state index is -0.288. The summed E-state index contributed by atoms with van der Waals surface area (Å²) in [6.07, 6.45) is 3.85. The van der Waals surface area contributed by atoms with Gasteiger partial charge in [0, 0.05) is 12.3 Å². The number of halogens is 1. The number of alkyl halides is 1. The third-order valence-electron chi connectivity index (χ3n) is 3.27. The molecule has 1 aliphatic heterocycles. The van der Waals surface area contributed by atoms with Crippen molar-refractivity contribution in [1.29, 1.82) is 0 Å². The monoisotopic (exact) mass is 232 g/mol. The van der Waals surface area contributed by atoms with Crippen molar-refractivity contribution in [2.45, 2.75) is 31.3 Å². The van der Waals surface area contributed by atoms with E-state index in [0.717, 1.165) is 19.3 Å². The van der Waals surface area contributed by atoms with Gasteiger partial charge in [-0.15, -0.1) is 11.6 Å². The highest BCUT2D eigenvalue weighted by molar-refractivity contribution is 6.17. The van der Waals surface area contributed by atoms with Gasteiger partial charge in [0.1, 0.15) is 11.4 Å². The van der Waals surface area contributed by atoms with Crippen molar-refractivity contribution >= 4 is 17.4 Å². The second-order valence-electron chi connectivity index (χ2n) is 4.36. The van der Waals surface area contributed by atoms with Crippen LogP contribution in [0.3, 0.4) is 0 Å². The Kier molecular flexibility index (Phi) is 3.65. The number of epoxide rings is 1. The van der Waals surface area contributed by atoms with E-state index in [1.165, 1.54) is 0 Å². The summed E-state index contributed by atoms with van der Waals surface area (Å²) in [5.41, 5.74) is -0.288. The lowest BCUT2D eigenvalue weighted by Crippen LogP contribution is -2.37. The Balaban J connectivity index is 1.87. The molecule has 0 aromatic carbocycles. The van der Waals surface area contributed by atoms with Crippen molar-refractivity contribution in [3.05, 3.63) is 0 Å². The Morgan fingerprint density at radius 3 is 2.93 bits per heavy atom. The molecule has 0 amide bonds. The number of carbonyl (C=O) groups is 1. The lowest BCUT2D eigenvalue weighted by atomic mass is 9.79. The first-order chi connectivity index (χ1) is 7.28. The maximum Gasteiger partial charge on any atom is 0.139 e. The van der Waals surface area contributed by atoms with Gasteiger partial charge in [-0.1, -0.05) is 6.42 Å². The summed E-state index contributed by atoms with van der Waals surface area (Å²) in [4.78, 5) is 11.8. The van der Waals surface area contributed by atoms with Crippen molar-refractivity contribution in [1.82, 2.24) is 0 Å². The van der Waals surface area contributed by atoms with Gasteiger partial charge in [0.25, 0.3) is 0 Å². The second kappa shape index (κ2) is 4.81. The quantitative estimate of drug-likeness (QED) is 0.412. The zero-order chi connectivity index (χ0) is 10.7. The van der Waals surface area contributed by atoms with E-state index in [1.807, 2.05) is 0 Å². The molecule has 86 valence electrons. The van der Waals surface area contributed by atoms with E-state index < -0.39 is 0 Å². The van der Waals surface area contributed by atoms with Gasteiger partial charge in [0.05, 0.1) is 25.7 Å². The Morgan fingerprint density at radius 1 is 1.53 bits per heavy atom. The van der Waals surface area contributed by atoms with E-state index in [1.54, 1.807) is 0 Å². The Bertz CT molecular complexity index is 238. The van der Waals surface area contributed by atoms with E-state index in [4.69, 9.17) is 21.1 Å². The van der Waals surface area contributed by atoms with Gasteiger partial charge in [0.15, 0.2) is 0 Å². The van der Waals surface area contributed by atoms with E-state index in [9.17, 15) is 4.79 Å². The van der Waals surface area contributed by atoms with Gasteiger partial charge in [-0.3, -0.25) is 4.79 Å². The van der Waals surface area contributed by atoms with Crippen LogP contribution in [0.2, 0.25) is 0 Å². The first kappa shape index (κ1) is 11.4. The van der Waals surface area contributed by atoms with Crippen LogP contribution in [-0.2, 0) is 14.3 Å². The van der Waals surface area contributed by atoms with Crippen LogP contribution in [0.5, 0.6) is 0 Å². The number of carbonyl (C=O) groups excluding carboxylic acids is 1. The standard InChI is InChI=1S/C11H17ClO3/c12-5-6-14-7-11(8-15-11)9-3-1-2-4-10(9)13/h9H,1-8H2. The molecule has 2 aliphatic rings. The molecule has 1 heterocycles. The lowest BCUT2D eigenvalue weighted by molar-refractivity contribution is -0.128. The number of ketones is 1. The van der Waals surface area contributed by atoms with Crippen LogP contribution in [0.15, 0.2) is 0 Å². The minimum Gasteiger partial charge on any atom is -0.377 e. The summed E-state index contributed by atoms with van der Waals surface area (Å²) in [7, 11) is 0. The molecule has 15 heavy (non-hydrogen) atoms. The summed E-state index contributed by atoms with van der Waals surface area (Å²) >= 11 is 5.53. The number of rotatable bonds is 5. The van der Waals surface area contributed by atoms with E-state index in [0.29, 0.717) is 37.9 Å². The zero-order valence-electron chi connectivity index (χ0n) is 8.84. The van der Waals surface area contributed by atoms with E-state index in [2.05, 4.69) is 0 Å². The van der Waals surface area contributed by atoms with Crippen LogP contribution >= 0.6 is 11.6 Å². The molecule has 1 aliphatic carbocycles. The molecule has 1 saturated carbocycles. The first-order valence-corrected chi connectivity index (χ1v) is 6.12. The maximum absolute atomic E-state index is 11.8. The fourth-order valence-corrected chi connectivity index (χ4v) is 2.43. The molecule has 4 heteroatoms. The molecule has 0 spiro atoms. The molecule has 0 radical (unpaired) electrons. The number of Topliss-reactive ketones (excluding diaryl/α,β-unsaturated/α-hetero) is 1. The average Bonchev–Trinajstić information content (AvgIpc) is 3.00. The molecule has 2 atom stereocenters. The highest BCUT2D eigenvalue weighted by atomic mass is 35.5. The van der Waals surface area contributed by atoms with Crippen molar-refractivity contribution in [3.63, 3.8) is 0 Å². The normalized spacial score (nSPS) is 35.5. The molecule has 2 unspecified atom stereocenters. The van der Waals surface area contributed by atoms with E-state index in [-0.39, 0.29) is 11.5 Å². The molecule has 3 nitrogen and oxygen atoms in total. The Hall–Kier alpha value is -0.120. The minimum absolute atomic E-state index is 0.0709. The van der Waals surface area contributed by atoms with Crippen molar-refractivity contribution in [2.75, 3.05) is 25.7 Å². The molecule has 2 rings (SSSR count). The maximum atomic E-state index is 11.8. The van der Waals surface area contributed by atoms with Crippen LogP contribution in [0.1, 0.15) is 25.7 Å².